The summed E-state index contributed by atoms with van der Waals surface area (Å²) in [5.41, 5.74) is 3.41. The SMILES string of the molecule is O=c1c2cc(F)ccc2cc2n1Cc1cc3ccccc3nc1-2. The Hall–Kier alpha value is -3.01. The number of hydrogen-bond acceptors (Lipinski definition) is 2. The van der Waals surface area contributed by atoms with E-state index >= 15 is 0 Å². The van der Waals surface area contributed by atoms with E-state index in [0.717, 1.165) is 33.2 Å². The van der Waals surface area contributed by atoms with Crippen LogP contribution in [0.4, 0.5) is 4.39 Å². The highest BCUT2D eigenvalue weighted by Gasteiger charge is 2.23. The minimum absolute atomic E-state index is 0.168. The molecule has 3 nitrogen and oxygen atoms in total. The first kappa shape index (κ1) is 12.5. The predicted octanol–water partition coefficient (Wildman–Crippen LogP) is 3.72. The van der Waals surface area contributed by atoms with Crippen molar-refractivity contribution in [3.05, 3.63) is 76.3 Å². The van der Waals surface area contributed by atoms with E-state index in [0.29, 0.717) is 11.9 Å². The van der Waals surface area contributed by atoms with Crippen molar-refractivity contribution in [2.75, 3.05) is 0 Å². The van der Waals surface area contributed by atoms with E-state index in [4.69, 9.17) is 4.98 Å². The van der Waals surface area contributed by atoms with E-state index in [1.54, 1.807) is 10.6 Å². The van der Waals surface area contributed by atoms with Gasteiger partial charge in [0.2, 0.25) is 0 Å². The number of benzene rings is 2. The second-order valence-electron chi connectivity index (χ2n) is 5.84. The molecule has 0 atom stereocenters. The maximum absolute atomic E-state index is 13.5. The van der Waals surface area contributed by atoms with Crippen LogP contribution in [0.15, 0.2) is 59.4 Å². The van der Waals surface area contributed by atoms with E-state index in [9.17, 15) is 9.18 Å². The molecule has 0 N–H and O–H groups in total. The summed E-state index contributed by atoms with van der Waals surface area (Å²) in [7, 11) is 0. The van der Waals surface area contributed by atoms with Crippen LogP contribution in [-0.4, -0.2) is 9.55 Å². The van der Waals surface area contributed by atoms with Crippen molar-refractivity contribution >= 4 is 21.7 Å². The Kier molecular flexibility index (Phi) is 2.32. The van der Waals surface area contributed by atoms with E-state index in [1.165, 1.54) is 12.1 Å². The molecular weight excluding hydrogens is 291 g/mol. The van der Waals surface area contributed by atoms with Crippen LogP contribution >= 0.6 is 0 Å². The van der Waals surface area contributed by atoms with Gasteiger partial charge in [-0.3, -0.25) is 4.79 Å². The highest BCUT2D eigenvalue weighted by molar-refractivity contribution is 5.89. The van der Waals surface area contributed by atoms with Gasteiger partial charge in [-0.1, -0.05) is 24.3 Å². The minimum atomic E-state index is -0.394. The molecule has 110 valence electrons. The van der Waals surface area contributed by atoms with Gasteiger partial charge in [0.1, 0.15) is 5.82 Å². The first-order valence-electron chi connectivity index (χ1n) is 7.43. The molecule has 1 aliphatic rings. The molecule has 0 unspecified atom stereocenters. The molecule has 0 radical (unpaired) electrons. The Morgan fingerprint density at radius 3 is 2.78 bits per heavy atom. The van der Waals surface area contributed by atoms with E-state index in [-0.39, 0.29) is 5.56 Å². The van der Waals surface area contributed by atoms with Crippen molar-refractivity contribution in [2.45, 2.75) is 6.54 Å². The number of fused-ring (bicyclic) bond motifs is 5. The number of nitrogens with zero attached hydrogens (tertiary/aromatic N) is 2. The smallest absolute Gasteiger partial charge is 0.259 e. The minimum Gasteiger partial charge on any atom is -0.302 e. The normalized spacial score (nSPS) is 12.6. The predicted molar refractivity (Wildman–Crippen MR) is 88.0 cm³/mol. The third-order valence-electron chi connectivity index (χ3n) is 4.45. The van der Waals surface area contributed by atoms with Crippen molar-refractivity contribution in [2.24, 2.45) is 0 Å². The van der Waals surface area contributed by atoms with Gasteiger partial charge >= 0.3 is 0 Å². The van der Waals surface area contributed by atoms with Crippen LogP contribution < -0.4 is 5.56 Å². The molecule has 5 rings (SSSR count). The van der Waals surface area contributed by atoms with Crippen LogP contribution in [0.1, 0.15) is 5.56 Å². The maximum atomic E-state index is 13.5. The Morgan fingerprint density at radius 2 is 1.87 bits per heavy atom. The van der Waals surface area contributed by atoms with Crippen molar-refractivity contribution in [3.63, 3.8) is 0 Å². The molecular formula is C19H11FN2O. The quantitative estimate of drug-likeness (QED) is 0.437. The second-order valence-corrected chi connectivity index (χ2v) is 5.84. The first-order chi connectivity index (χ1) is 11.2. The lowest BCUT2D eigenvalue weighted by Crippen LogP contribution is -2.18. The molecule has 0 spiro atoms. The van der Waals surface area contributed by atoms with Gasteiger partial charge < -0.3 is 4.57 Å². The van der Waals surface area contributed by atoms with Crippen molar-refractivity contribution in [3.8, 4) is 11.4 Å². The first-order valence-corrected chi connectivity index (χ1v) is 7.43. The Bertz CT molecular complexity index is 1180. The van der Waals surface area contributed by atoms with Crippen LogP contribution in [0.5, 0.6) is 0 Å². The average molecular weight is 302 g/mol. The number of aromatic nitrogens is 2. The molecule has 2 aromatic heterocycles. The molecule has 2 aromatic carbocycles. The molecule has 0 saturated carbocycles. The molecule has 0 amide bonds. The van der Waals surface area contributed by atoms with Crippen LogP contribution in [0.2, 0.25) is 0 Å². The second kappa shape index (κ2) is 4.26. The lowest BCUT2D eigenvalue weighted by molar-refractivity contribution is 0.629. The van der Waals surface area contributed by atoms with Gasteiger partial charge in [-0.05, 0) is 35.7 Å². The number of rotatable bonds is 0. The van der Waals surface area contributed by atoms with Gasteiger partial charge in [0, 0.05) is 10.9 Å². The van der Waals surface area contributed by atoms with Crippen molar-refractivity contribution < 1.29 is 4.39 Å². The fourth-order valence-corrected chi connectivity index (χ4v) is 3.35. The summed E-state index contributed by atoms with van der Waals surface area (Å²) in [6.45, 7) is 0.480. The van der Waals surface area contributed by atoms with Crippen LogP contribution in [0.25, 0.3) is 33.1 Å². The van der Waals surface area contributed by atoms with E-state index in [1.807, 2.05) is 30.3 Å². The molecule has 4 aromatic rings. The van der Waals surface area contributed by atoms with Gasteiger partial charge in [-0.2, -0.15) is 0 Å². The van der Waals surface area contributed by atoms with Crippen LogP contribution in [0, 0.1) is 5.82 Å². The average Bonchev–Trinajstić information content (AvgIpc) is 2.92. The van der Waals surface area contributed by atoms with E-state index in [2.05, 4.69) is 6.07 Å². The van der Waals surface area contributed by atoms with Crippen LogP contribution in [0.3, 0.4) is 0 Å². The molecule has 23 heavy (non-hydrogen) atoms. The van der Waals surface area contributed by atoms with Gasteiger partial charge in [-0.25, -0.2) is 9.37 Å². The standard InChI is InChI=1S/C19H11FN2O/c20-14-6-5-11-8-17-18-13(10-22(17)19(23)15(11)9-14)7-12-3-1-2-4-16(12)21-18/h1-9H,10H2. The Balaban J connectivity index is 1.87. The topological polar surface area (TPSA) is 34.9 Å². The third kappa shape index (κ3) is 1.69. The monoisotopic (exact) mass is 302 g/mol. The lowest BCUT2D eigenvalue weighted by atomic mass is 10.1. The summed E-state index contributed by atoms with van der Waals surface area (Å²) in [5.74, 6) is -0.394. The number of para-hydroxylation sites is 1. The Labute approximate surface area is 130 Å². The van der Waals surface area contributed by atoms with Gasteiger partial charge in [0.05, 0.1) is 28.8 Å². The molecule has 0 aliphatic carbocycles. The molecule has 4 heteroatoms. The third-order valence-corrected chi connectivity index (χ3v) is 4.45. The summed E-state index contributed by atoms with van der Waals surface area (Å²) in [5, 5.41) is 2.21. The molecule has 1 aliphatic heterocycles. The highest BCUT2D eigenvalue weighted by Crippen LogP contribution is 2.32. The summed E-state index contributed by atoms with van der Waals surface area (Å²) in [4.78, 5) is 17.4. The summed E-state index contributed by atoms with van der Waals surface area (Å²) in [6.07, 6.45) is 0. The number of hydrogen-bond donors (Lipinski definition) is 0. The number of pyridine rings is 2. The van der Waals surface area contributed by atoms with Crippen molar-refractivity contribution in [1.29, 1.82) is 0 Å². The molecule has 0 saturated heterocycles. The zero-order valence-electron chi connectivity index (χ0n) is 12.1. The van der Waals surface area contributed by atoms with Gasteiger partial charge in [0.15, 0.2) is 0 Å². The van der Waals surface area contributed by atoms with Gasteiger partial charge in [0.25, 0.3) is 5.56 Å². The fraction of sp³-hybridized carbons (Fsp3) is 0.0526. The molecule has 3 heterocycles. The summed E-state index contributed by atoms with van der Waals surface area (Å²) in [6, 6.07) is 16.2. The summed E-state index contributed by atoms with van der Waals surface area (Å²) < 4.78 is 15.1. The number of halogens is 1. The van der Waals surface area contributed by atoms with Crippen LogP contribution in [-0.2, 0) is 6.54 Å². The largest absolute Gasteiger partial charge is 0.302 e. The fourth-order valence-electron chi connectivity index (χ4n) is 3.35. The maximum Gasteiger partial charge on any atom is 0.259 e. The van der Waals surface area contributed by atoms with E-state index < -0.39 is 5.82 Å². The highest BCUT2D eigenvalue weighted by atomic mass is 19.1. The summed E-state index contributed by atoms with van der Waals surface area (Å²) >= 11 is 0. The lowest BCUT2D eigenvalue weighted by Gasteiger charge is -2.06. The zero-order chi connectivity index (χ0) is 15.6. The molecule has 0 bridgehead atoms. The zero-order valence-corrected chi connectivity index (χ0v) is 12.1. The Morgan fingerprint density at radius 1 is 1.00 bits per heavy atom. The van der Waals surface area contributed by atoms with Crippen molar-refractivity contribution in [1.82, 2.24) is 9.55 Å². The molecule has 0 fully saturated rings. The van der Waals surface area contributed by atoms with Gasteiger partial charge in [-0.15, -0.1) is 0 Å².